The van der Waals surface area contributed by atoms with Gasteiger partial charge < -0.3 is 9.80 Å². The van der Waals surface area contributed by atoms with Crippen molar-refractivity contribution in [3.05, 3.63) is 11.9 Å². The quantitative estimate of drug-likeness (QED) is 0.778. The van der Waals surface area contributed by atoms with Crippen LogP contribution < -0.4 is 9.80 Å². The summed E-state index contributed by atoms with van der Waals surface area (Å²) in [6, 6.07) is 4.14. The van der Waals surface area contributed by atoms with Gasteiger partial charge >= 0.3 is 0 Å². The Morgan fingerprint density at radius 2 is 1.95 bits per heavy atom. The van der Waals surface area contributed by atoms with Gasteiger partial charge in [0.05, 0.1) is 6.07 Å². The zero-order valence-electron chi connectivity index (χ0n) is 11.8. The summed E-state index contributed by atoms with van der Waals surface area (Å²) in [6.45, 7) is 4.39. The van der Waals surface area contributed by atoms with E-state index in [2.05, 4.69) is 20.9 Å². The number of anilines is 2. The molecule has 2 heterocycles. The van der Waals surface area contributed by atoms with Gasteiger partial charge in [-0.2, -0.15) is 5.26 Å². The standard InChI is InChI=1S/C14H21N5/c1-12-16-13(18(2)10-7-15)11-14(17-12)19-8-5-3-4-6-9-19/h11H,3-6,8-10H2,1-2H3. The van der Waals surface area contributed by atoms with E-state index in [0.29, 0.717) is 6.54 Å². The summed E-state index contributed by atoms with van der Waals surface area (Å²) in [6.07, 6.45) is 5.07. The fraction of sp³-hybridized carbons (Fsp3) is 0.643. The largest absolute Gasteiger partial charge is 0.356 e. The lowest BCUT2D eigenvalue weighted by molar-refractivity contribution is 0.726. The zero-order chi connectivity index (χ0) is 13.7. The molecule has 0 aliphatic carbocycles. The van der Waals surface area contributed by atoms with E-state index in [1.165, 1.54) is 25.7 Å². The van der Waals surface area contributed by atoms with Gasteiger partial charge in [0.25, 0.3) is 0 Å². The molecule has 1 aromatic rings. The molecule has 1 aromatic heterocycles. The lowest BCUT2D eigenvalue weighted by Gasteiger charge is -2.23. The van der Waals surface area contributed by atoms with E-state index in [0.717, 1.165) is 30.5 Å². The van der Waals surface area contributed by atoms with E-state index in [-0.39, 0.29) is 0 Å². The molecule has 19 heavy (non-hydrogen) atoms. The Balaban J connectivity index is 2.22. The van der Waals surface area contributed by atoms with Crippen LogP contribution in [-0.2, 0) is 0 Å². The molecule has 0 N–H and O–H groups in total. The van der Waals surface area contributed by atoms with Gasteiger partial charge in [-0.3, -0.25) is 0 Å². The van der Waals surface area contributed by atoms with Crippen molar-refractivity contribution < 1.29 is 0 Å². The Labute approximate surface area is 114 Å². The third-order valence-electron chi connectivity index (χ3n) is 3.44. The monoisotopic (exact) mass is 259 g/mol. The fourth-order valence-corrected chi connectivity index (χ4v) is 2.38. The number of rotatable bonds is 3. The van der Waals surface area contributed by atoms with E-state index >= 15 is 0 Å². The minimum atomic E-state index is 0.343. The molecule has 0 radical (unpaired) electrons. The molecule has 5 heteroatoms. The van der Waals surface area contributed by atoms with Gasteiger partial charge in [-0.05, 0) is 19.8 Å². The van der Waals surface area contributed by atoms with Crippen LogP contribution in [0, 0.1) is 18.3 Å². The molecule has 102 valence electrons. The van der Waals surface area contributed by atoms with Gasteiger partial charge in [-0.1, -0.05) is 12.8 Å². The van der Waals surface area contributed by atoms with Crippen LogP contribution in [0.15, 0.2) is 6.07 Å². The summed E-state index contributed by atoms with van der Waals surface area (Å²) < 4.78 is 0. The topological polar surface area (TPSA) is 56.1 Å². The van der Waals surface area contributed by atoms with E-state index < -0.39 is 0 Å². The minimum absolute atomic E-state index is 0.343. The predicted octanol–water partition coefficient (Wildman–Crippen LogP) is 2.13. The second-order valence-corrected chi connectivity index (χ2v) is 5.05. The molecular weight excluding hydrogens is 238 g/mol. The second kappa shape index (κ2) is 6.37. The first-order chi connectivity index (χ1) is 9.20. The Hall–Kier alpha value is -1.83. The van der Waals surface area contributed by atoms with E-state index in [9.17, 15) is 0 Å². The van der Waals surface area contributed by atoms with Crippen molar-refractivity contribution in [2.45, 2.75) is 32.6 Å². The summed E-state index contributed by atoms with van der Waals surface area (Å²) in [4.78, 5) is 13.2. The van der Waals surface area contributed by atoms with E-state index in [1.807, 2.05) is 24.9 Å². The van der Waals surface area contributed by atoms with Crippen LogP contribution in [-0.4, -0.2) is 36.6 Å². The van der Waals surface area contributed by atoms with E-state index in [4.69, 9.17) is 5.26 Å². The molecule has 2 rings (SSSR count). The average Bonchev–Trinajstić information content (AvgIpc) is 2.67. The van der Waals surface area contributed by atoms with Crippen molar-refractivity contribution in [3.63, 3.8) is 0 Å². The number of nitrogens with zero attached hydrogens (tertiary/aromatic N) is 5. The van der Waals surface area contributed by atoms with Crippen molar-refractivity contribution >= 4 is 11.6 Å². The lowest BCUT2D eigenvalue weighted by atomic mass is 10.2. The molecule has 5 nitrogen and oxygen atoms in total. The summed E-state index contributed by atoms with van der Waals surface area (Å²) >= 11 is 0. The molecule has 0 spiro atoms. The molecule has 0 atom stereocenters. The molecule has 1 fully saturated rings. The van der Waals surface area contributed by atoms with Crippen LogP contribution in [0.2, 0.25) is 0 Å². The Morgan fingerprint density at radius 3 is 2.58 bits per heavy atom. The van der Waals surface area contributed by atoms with Crippen LogP contribution in [0.5, 0.6) is 0 Å². The molecule has 0 saturated carbocycles. The van der Waals surface area contributed by atoms with Gasteiger partial charge in [0.2, 0.25) is 0 Å². The first-order valence-electron chi connectivity index (χ1n) is 6.89. The van der Waals surface area contributed by atoms with Gasteiger partial charge in [0, 0.05) is 26.2 Å². The molecule has 1 aliphatic rings. The Kier molecular flexibility index (Phi) is 4.56. The number of nitriles is 1. The Bertz CT molecular complexity index is 457. The summed E-state index contributed by atoms with van der Waals surface area (Å²) in [5.74, 6) is 2.59. The number of aromatic nitrogens is 2. The first kappa shape index (κ1) is 13.6. The SMILES string of the molecule is Cc1nc(N(C)CC#N)cc(N2CCCCCC2)n1. The molecule has 1 saturated heterocycles. The maximum atomic E-state index is 8.78. The fourth-order valence-electron chi connectivity index (χ4n) is 2.38. The Morgan fingerprint density at radius 1 is 1.26 bits per heavy atom. The summed E-state index contributed by atoms with van der Waals surface area (Å²) in [5.41, 5.74) is 0. The van der Waals surface area contributed by atoms with Gasteiger partial charge in [0.15, 0.2) is 0 Å². The molecule has 0 amide bonds. The van der Waals surface area contributed by atoms with Crippen molar-refractivity contribution in [1.29, 1.82) is 5.26 Å². The summed E-state index contributed by atoms with van der Waals surface area (Å²) in [5, 5.41) is 8.78. The highest BCUT2D eigenvalue weighted by molar-refractivity contribution is 5.51. The van der Waals surface area contributed by atoms with Crippen LogP contribution in [0.3, 0.4) is 0 Å². The molecule has 0 unspecified atom stereocenters. The third kappa shape index (κ3) is 3.57. The predicted molar refractivity (Wildman–Crippen MR) is 76.3 cm³/mol. The lowest BCUT2D eigenvalue weighted by Crippen LogP contribution is -2.26. The van der Waals surface area contributed by atoms with Gasteiger partial charge in [-0.15, -0.1) is 0 Å². The van der Waals surface area contributed by atoms with Crippen molar-refractivity contribution in [3.8, 4) is 6.07 Å². The maximum Gasteiger partial charge on any atom is 0.134 e. The average molecular weight is 259 g/mol. The van der Waals surface area contributed by atoms with Crippen LogP contribution >= 0.6 is 0 Å². The van der Waals surface area contributed by atoms with Gasteiger partial charge in [-0.25, -0.2) is 9.97 Å². The number of aryl methyl sites for hydroxylation is 1. The highest BCUT2D eigenvalue weighted by Gasteiger charge is 2.14. The number of hydrogen-bond acceptors (Lipinski definition) is 5. The number of hydrogen-bond donors (Lipinski definition) is 0. The second-order valence-electron chi connectivity index (χ2n) is 5.05. The third-order valence-corrected chi connectivity index (χ3v) is 3.44. The minimum Gasteiger partial charge on any atom is -0.356 e. The van der Waals surface area contributed by atoms with Crippen LogP contribution in [0.4, 0.5) is 11.6 Å². The van der Waals surface area contributed by atoms with Crippen molar-refractivity contribution in [2.24, 2.45) is 0 Å². The molecule has 0 bridgehead atoms. The first-order valence-corrected chi connectivity index (χ1v) is 6.89. The molecular formula is C14H21N5. The smallest absolute Gasteiger partial charge is 0.134 e. The molecule has 0 aromatic carbocycles. The maximum absolute atomic E-state index is 8.78. The van der Waals surface area contributed by atoms with Gasteiger partial charge in [0.1, 0.15) is 24.0 Å². The molecule has 1 aliphatic heterocycles. The van der Waals surface area contributed by atoms with E-state index in [1.54, 1.807) is 0 Å². The zero-order valence-corrected chi connectivity index (χ0v) is 11.8. The normalized spacial score (nSPS) is 15.7. The van der Waals surface area contributed by atoms with Crippen LogP contribution in [0.25, 0.3) is 0 Å². The highest BCUT2D eigenvalue weighted by Crippen LogP contribution is 2.21. The van der Waals surface area contributed by atoms with Crippen molar-refractivity contribution in [1.82, 2.24) is 9.97 Å². The van der Waals surface area contributed by atoms with Crippen LogP contribution in [0.1, 0.15) is 31.5 Å². The van der Waals surface area contributed by atoms with Crippen molar-refractivity contribution in [2.75, 3.05) is 36.5 Å². The summed E-state index contributed by atoms with van der Waals surface area (Å²) in [7, 11) is 1.89. The highest BCUT2D eigenvalue weighted by atomic mass is 15.2.